The van der Waals surface area contributed by atoms with Gasteiger partial charge in [0, 0.05) is 24.8 Å². The Morgan fingerprint density at radius 2 is 2.00 bits per heavy atom. The molecule has 1 aliphatic heterocycles. The van der Waals surface area contributed by atoms with Crippen LogP contribution >= 0.6 is 0 Å². The van der Waals surface area contributed by atoms with Crippen molar-refractivity contribution in [2.24, 2.45) is 0 Å². The van der Waals surface area contributed by atoms with Gasteiger partial charge in [0.05, 0.1) is 11.3 Å². The molecule has 5 heteroatoms. The molecular formula is C14H21N3O2. The van der Waals surface area contributed by atoms with E-state index in [1.807, 2.05) is 0 Å². The van der Waals surface area contributed by atoms with Crippen LogP contribution in [-0.2, 0) is 0 Å². The highest BCUT2D eigenvalue weighted by atomic mass is 16.4. The van der Waals surface area contributed by atoms with E-state index < -0.39 is 5.97 Å². The molecule has 0 amide bonds. The zero-order chi connectivity index (χ0) is 14.0. The summed E-state index contributed by atoms with van der Waals surface area (Å²) in [4.78, 5) is 15.6. The van der Waals surface area contributed by atoms with Gasteiger partial charge >= 0.3 is 5.97 Å². The fourth-order valence-corrected chi connectivity index (χ4v) is 2.61. The first-order valence-electron chi connectivity index (χ1n) is 6.53. The smallest absolute Gasteiger partial charge is 0.337 e. The molecule has 0 bridgehead atoms. The van der Waals surface area contributed by atoms with E-state index in [0.717, 1.165) is 31.6 Å². The van der Waals surface area contributed by atoms with Crippen LogP contribution in [-0.4, -0.2) is 49.2 Å². The summed E-state index contributed by atoms with van der Waals surface area (Å²) in [7, 11) is 4.17. The van der Waals surface area contributed by atoms with Crippen molar-refractivity contribution >= 4 is 17.3 Å². The number of rotatable bonds is 3. The van der Waals surface area contributed by atoms with Crippen LogP contribution in [0.1, 0.15) is 23.2 Å². The molecule has 1 aromatic carbocycles. The van der Waals surface area contributed by atoms with Gasteiger partial charge in [0.15, 0.2) is 0 Å². The highest BCUT2D eigenvalue weighted by Gasteiger charge is 2.23. The highest BCUT2D eigenvalue weighted by Crippen LogP contribution is 2.27. The molecule has 3 N–H and O–H groups in total. The predicted octanol–water partition coefficient (Wildman–Crippen LogP) is 1.50. The number of hydrogen-bond donors (Lipinski definition) is 2. The van der Waals surface area contributed by atoms with Crippen molar-refractivity contribution in [3.05, 3.63) is 23.8 Å². The van der Waals surface area contributed by atoms with Crippen molar-refractivity contribution in [2.75, 3.05) is 37.8 Å². The number of anilines is 2. The molecule has 0 saturated carbocycles. The van der Waals surface area contributed by atoms with Gasteiger partial charge in [-0.1, -0.05) is 0 Å². The van der Waals surface area contributed by atoms with Crippen molar-refractivity contribution in [3.8, 4) is 0 Å². The molecule has 1 fully saturated rings. The fraction of sp³-hybridized carbons (Fsp3) is 0.500. The van der Waals surface area contributed by atoms with Crippen LogP contribution in [0.4, 0.5) is 11.4 Å². The first-order chi connectivity index (χ1) is 8.99. The van der Waals surface area contributed by atoms with E-state index in [1.165, 1.54) is 0 Å². The van der Waals surface area contributed by atoms with Gasteiger partial charge in [0.2, 0.25) is 0 Å². The van der Waals surface area contributed by atoms with E-state index in [4.69, 9.17) is 5.73 Å². The van der Waals surface area contributed by atoms with Crippen LogP contribution in [0.5, 0.6) is 0 Å². The van der Waals surface area contributed by atoms with Gasteiger partial charge in [0.1, 0.15) is 0 Å². The largest absolute Gasteiger partial charge is 0.478 e. The van der Waals surface area contributed by atoms with E-state index in [0.29, 0.717) is 17.3 Å². The number of aromatic carboxylic acids is 1. The Kier molecular flexibility index (Phi) is 3.95. The van der Waals surface area contributed by atoms with Crippen LogP contribution in [0.25, 0.3) is 0 Å². The molecule has 5 nitrogen and oxygen atoms in total. The monoisotopic (exact) mass is 263 g/mol. The number of nitrogens with two attached hydrogens (primary N) is 1. The number of carboxylic acid groups (broad SMARTS) is 1. The van der Waals surface area contributed by atoms with E-state index >= 15 is 0 Å². The zero-order valence-corrected chi connectivity index (χ0v) is 11.5. The zero-order valence-electron chi connectivity index (χ0n) is 11.5. The lowest BCUT2D eigenvalue weighted by Gasteiger charge is -2.37. The van der Waals surface area contributed by atoms with Crippen molar-refractivity contribution in [2.45, 2.75) is 18.9 Å². The Hall–Kier alpha value is -1.75. The molecule has 1 saturated heterocycles. The minimum Gasteiger partial charge on any atom is -0.478 e. The van der Waals surface area contributed by atoms with Crippen LogP contribution in [0, 0.1) is 0 Å². The molecule has 0 aromatic heterocycles. The van der Waals surface area contributed by atoms with E-state index in [-0.39, 0.29) is 0 Å². The van der Waals surface area contributed by atoms with Gasteiger partial charge in [-0.3, -0.25) is 0 Å². The lowest BCUT2D eigenvalue weighted by molar-refractivity contribution is 0.0697. The molecule has 2 rings (SSSR count). The van der Waals surface area contributed by atoms with Gasteiger partial charge in [-0.2, -0.15) is 0 Å². The molecule has 0 unspecified atom stereocenters. The minimum absolute atomic E-state index is 0.331. The summed E-state index contributed by atoms with van der Waals surface area (Å²) in [5.74, 6) is -0.898. The summed E-state index contributed by atoms with van der Waals surface area (Å²) in [6.07, 6.45) is 2.09. The van der Waals surface area contributed by atoms with Crippen molar-refractivity contribution in [1.29, 1.82) is 0 Å². The molecule has 1 heterocycles. The van der Waals surface area contributed by atoms with Gasteiger partial charge in [-0.25, -0.2) is 4.79 Å². The maximum Gasteiger partial charge on any atom is 0.337 e. The summed E-state index contributed by atoms with van der Waals surface area (Å²) >= 11 is 0. The molecular weight excluding hydrogens is 242 g/mol. The van der Waals surface area contributed by atoms with E-state index in [9.17, 15) is 9.90 Å². The molecule has 0 radical (unpaired) electrons. The number of nitrogen functional groups attached to an aromatic ring is 1. The first-order valence-corrected chi connectivity index (χ1v) is 6.53. The lowest BCUT2D eigenvalue weighted by atomic mass is 10.0. The average Bonchev–Trinajstić information content (AvgIpc) is 2.38. The van der Waals surface area contributed by atoms with Crippen LogP contribution in [0.15, 0.2) is 18.2 Å². The summed E-state index contributed by atoms with van der Waals surface area (Å²) < 4.78 is 0. The summed E-state index contributed by atoms with van der Waals surface area (Å²) in [5, 5.41) is 9.25. The minimum atomic E-state index is -0.898. The van der Waals surface area contributed by atoms with Crippen molar-refractivity contribution < 1.29 is 9.90 Å². The molecule has 1 aromatic rings. The van der Waals surface area contributed by atoms with Gasteiger partial charge in [0.25, 0.3) is 0 Å². The van der Waals surface area contributed by atoms with Crippen LogP contribution in [0.2, 0.25) is 0 Å². The maximum atomic E-state index is 11.3. The van der Waals surface area contributed by atoms with Crippen molar-refractivity contribution in [1.82, 2.24) is 4.90 Å². The Morgan fingerprint density at radius 1 is 1.37 bits per heavy atom. The summed E-state index contributed by atoms with van der Waals surface area (Å²) in [6.45, 7) is 1.74. The fourth-order valence-electron chi connectivity index (χ4n) is 2.61. The second-order valence-electron chi connectivity index (χ2n) is 5.26. The van der Waals surface area contributed by atoms with E-state index in [2.05, 4.69) is 23.9 Å². The summed E-state index contributed by atoms with van der Waals surface area (Å²) in [5.41, 5.74) is 7.46. The Labute approximate surface area is 113 Å². The second kappa shape index (κ2) is 5.48. The predicted molar refractivity (Wildman–Crippen MR) is 76.7 cm³/mol. The SMILES string of the molecule is CN(C)C1CCN(c2cc(N)ccc2C(=O)O)CC1. The second-order valence-corrected chi connectivity index (χ2v) is 5.26. The number of hydrogen-bond acceptors (Lipinski definition) is 4. The lowest BCUT2D eigenvalue weighted by Crippen LogP contribution is -2.42. The third-order valence-corrected chi connectivity index (χ3v) is 3.79. The summed E-state index contributed by atoms with van der Waals surface area (Å²) in [6, 6.07) is 5.56. The topological polar surface area (TPSA) is 69.8 Å². The standard InChI is InChI=1S/C14H21N3O2/c1-16(2)11-5-7-17(8-6-11)13-9-10(15)3-4-12(13)14(18)19/h3-4,9,11H,5-8,15H2,1-2H3,(H,18,19). The Bertz CT molecular complexity index is 466. The number of nitrogens with zero attached hydrogens (tertiary/aromatic N) is 2. The molecule has 0 spiro atoms. The molecule has 104 valence electrons. The van der Waals surface area contributed by atoms with Gasteiger partial charge in [-0.15, -0.1) is 0 Å². The van der Waals surface area contributed by atoms with Crippen molar-refractivity contribution in [3.63, 3.8) is 0 Å². The van der Waals surface area contributed by atoms with Gasteiger partial charge < -0.3 is 20.6 Å². The average molecular weight is 263 g/mol. The third-order valence-electron chi connectivity index (χ3n) is 3.79. The molecule has 1 aliphatic rings. The normalized spacial score (nSPS) is 16.9. The molecule has 0 atom stereocenters. The van der Waals surface area contributed by atoms with Gasteiger partial charge in [-0.05, 0) is 45.1 Å². The first kappa shape index (κ1) is 13.7. The Balaban J connectivity index is 2.19. The van der Waals surface area contributed by atoms with Crippen LogP contribution in [0.3, 0.4) is 0 Å². The number of piperidine rings is 1. The third kappa shape index (κ3) is 2.98. The number of benzene rings is 1. The number of carboxylic acids is 1. The highest BCUT2D eigenvalue weighted by molar-refractivity contribution is 5.95. The number of carbonyl (C=O) groups is 1. The maximum absolute atomic E-state index is 11.3. The quantitative estimate of drug-likeness (QED) is 0.809. The molecule has 0 aliphatic carbocycles. The van der Waals surface area contributed by atoms with E-state index in [1.54, 1.807) is 18.2 Å². The van der Waals surface area contributed by atoms with Crippen LogP contribution < -0.4 is 10.6 Å². The molecule has 19 heavy (non-hydrogen) atoms. The Morgan fingerprint density at radius 3 is 2.53 bits per heavy atom.